The van der Waals surface area contributed by atoms with Crippen LogP contribution in [0.5, 0.6) is 0 Å². The Morgan fingerprint density at radius 3 is 2.88 bits per heavy atom. The summed E-state index contributed by atoms with van der Waals surface area (Å²) in [7, 11) is 0. The second kappa shape index (κ2) is 8.87. The van der Waals surface area contributed by atoms with E-state index in [4.69, 9.17) is 11.6 Å². The maximum atomic E-state index is 12.7. The minimum absolute atomic E-state index is 0.00840. The van der Waals surface area contributed by atoms with Crippen LogP contribution in [-0.4, -0.2) is 20.3 Å². The fourth-order valence-electron chi connectivity index (χ4n) is 4.10. The molecule has 3 aromatic heterocycles. The highest BCUT2D eigenvalue weighted by Crippen LogP contribution is 2.48. The Labute approximate surface area is 198 Å². The van der Waals surface area contributed by atoms with Gasteiger partial charge in [-0.05, 0) is 53.6 Å². The van der Waals surface area contributed by atoms with Crippen LogP contribution in [0.15, 0.2) is 67.1 Å². The van der Waals surface area contributed by atoms with Gasteiger partial charge in [-0.25, -0.2) is 9.97 Å². The summed E-state index contributed by atoms with van der Waals surface area (Å²) in [5, 5.41) is 7.03. The average Bonchev–Trinajstić information content (AvgIpc) is 3.50. The molecular formula is C26H26ClN5O. The van der Waals surface area contributed by atoms with Crippen LogP contribution >= 0.6 is 11.6 Å². The van der Waals surface area contributed by atoms with Crippen LogP contribution in [0.4, 0.5) is 11.5 Å². The molecule has 1 aromatic carbocycles. The molecule has 4 aromatic rings. The molecule has 0 saturated heterocycles. The molecule has 5 rings (SSSR count). The Hall–Kier alpha value is -3.38. The van der Waals surface area contributed by atoms with Gasteiger partial charge in [0.1, 0.15) is 11.5 Å². The molecule has 1 aliphatic rings. The average molecular weight is 460 g/mol. The summed E-state index contributed by atoms with van der Waals surface area (Å²) in [6, 6.07) is 15.6. The molecule has 2 atom stereocenters. The van der Waals surface area contributed by atoms with Crippen molar-refractivity contribution in [3.05, 3.63) is 89.0 Å². The van der Waals surface area contributed by atoms with Crippen molar-refractivity contribution in [3.63, 3.8) is 0 Å². The lowest BCUT2D eigenvalue weighted by Gasteiger charge is -2.08. The lowest BCUT2D eigenvalue weighted by molar-refractivity contribution is -0.117. The van der Waals surface area contributed by atoms with Crippen molar-refractivity contribution in [3.8, 4) is 0 Å². The number of hydrogen-bond acceptors (Lipinski definition) is 4. The highest BCUT2D eigenvalue weighted by molar-refractivity contribution is 6.30. The number of benzene rings is 1. The van der Waals surface area contributed by atoms with Gasteiger partial charge in [0.25, 0.3) is 0 Å². The number of carbonyl (C=O) groups is 1. The Balaban J connectivity index is 1.20. The van der Waals surface area contributed by atoms with E-state index in [1.54, 1.807) is 6.20 Å². The van der Waals surface area contributed by atoms with Crippen LogP contribution in [0.25, 0.3) is 5.65 Å². The van der Waals surface area contributed by atoms with Gasteiger partial charge in [-0.2, -0.15) is 0 Å². The molecule has 1 amide bonds. The van der Waals surface area contributed by atoms with Gasteiger partial charge in [0, 0.05) is 41.3 Å². The molecule has 7 heteroatoms. The van der Waals surface area contributed by atoms with Gasteiger partial charge in [0.05, 0.1) is 12.2 Å². The third kappa shape index (κ3) is 4.86. The monoisotopic (exact) mass is 459 g/mol. The zero-order valence-corrected chi connectivity index (χ0v) is 19.4. The maximum Gasteiger partial charge on any atom is 0.229 e. The Morgan fingerprint density at radius 1 is 1.18 bits per heavy atom. The summed E-state index contributed by atoms with van der Waals surface area (Å²) in [6.45, 7) is 4.94. The van der Waals surface area contributed by atoms with Crippen LogP contribution in [0.1, 0.15) is 48.9 Å². The first-order valence-electron chi connectivity index (χ1n) is 11.2. The van der Waals surface area contributed by atoms with Crippen molar-refractivity contribution in [1.29, 1.82) is 0 Å². The molecule has 0 unspecified atom stereocenters. The van der Waals surface area contributed by atoms with Gasteiger partial charge < -0.3 is 15.0 Å². The number of carbonyl (C=O) groups excluding carboxylic acids is 1. The predicted molar refractivity (Wildman–Crippen MR) is 132 cm³/mol. The van der Waals surface area contributed by atoms with E-state index < -0.39 is 0 Å². The molecule has 0 aliphatic heterocycles. The Morgan fingerprint density at radius 2 is 2.06 bits per heavy atom. The molecule has 0 spiro atoms. The fourth-order valence-corrected chi connectivity index (χ4v) is 4.30. The zero-order valence-electron chi connectivity index (χ0n) is 18.6. The normalized spacial score (nSPS) is 17.3. The summed E-state index contributed by atoms with van der Waals surface area (Å²) in [4.78, 5) is 21.7. The quantitative estimate of drug-likeness (QED) is 0.363. The van der Waals surface area contributed by atoms with Crippen molar-refractivity contribution in [2.45, 2.75) is 38.6 Å². The van der Waals surface area contributed by atoms with Gasteiger partial charge in [0.15, 0.2) is 0 Å². The molecule has 0 bridgehead atoms. The first-order valence-corrected chi connectivity index (χ1v) is 11.6. The van der Waals surface area contributed by atoms with E-state index in [1.807, 2.05) is 48.7 Å². The van der Waals surface area contributed by atoms with E-state index in [0.717, 1.165) is 29.0 Å². The van der Waals surface area contributed by atoms with E-state index in [2.05, 4.69) is 51.1 Å². The molecule has 33 heavy (non-hydrogen) atoms. The van der Waals surface area contributed by atoms with Gasteiger partial charge >= 0.3 is 0 Å². The first-order chi connectivity index (χ1) is 16.0. The summed E-state index contributed by atoms with van der Waals surface area (Å²) >= 11 is 6.08. The largest absolute Gasteiger partial charge is 0.379 e. The molecule has 168 valence electrons. The van der Waals surface area contributed by atoms with E-state index in [9.17, 15) is 4.79 Å². The first kappa shape index (κ1) is 21.5. The van der Waals surface area contributed by atoms with Crippen molar-refractivity contribution in [2.75, 3.05) is 10.6 Å². The highest BCUT2D eigenvalue weighted by Gasteiger charge is 2.44. The van der Waals surface area contributed by atoms with Crippen LogP contribution in [0, 0.1) is 5.92 Å². The predicted octanol–water partition coefficient (Wildman–Crippen LogP) is 5.86. The molecule has 0 radical (unpaired) electrons. The molecule has 1 saturated carbocycles. The minimum atomic E-state index is -0.0458. The topological polar surface area (TPSA) is 71.3 Å². The number of pyridine rings is 2. The third-order valence-electron chi connectivity index (χ3n) is 6.08. The van der Waals surface area contributed by atoms with E-state index in [0.29, 0.717) is 23.3 Å². The minimum Gasteiger partial charge on any atom is -0.379 e. The van der Waals surface area contributed by atoms with Crippen molar-refractivity contribution in [2.24, 2.45) is 5.92 Å². The number of imidazole rings is 1. The van der Waals surface area contributed by atoms with Crippen LogP contribution < -0.4 is 10.6 Å². The van der Waals surface area contributed by atoms with Crippen molar-refractivity contribution in [1.82, 2.24) is 14.4 Å². The van der Waals surface area contributed by atoms with E-state index >= 15 is 0 Å². The van der Waals surface area contributed by atoms with Gasteiger partial charge in [0.2, 0.25) is 5.91 Å². The fraction of sp³-hybridized carbons (Fsp3) is 0.269. The summed E-state index contributed by atoms with van der Waals surface area (Å²) in [5.41, 5.74) is 5.14. The Bertz CT molecular complexity index is 1320. The molecular weight excluding hydrogens is 434 g/mol. The SMILES string of the molecule is CC(C)c1ccc2nc(CNc3ccnc(NC(=O)[C@H]4C[C@@H]4c4cccc(Cl)c4)c3)cn2c1. The summed E-state index contributed by atoms with van der Waals surface area (Å²) in [5.74, 6) is 1.18. The molecule has 3 heterocycles. The maximum absolute atomic E-state index is 12.7. The number of anilines is 2. The number of amides is 1. The molecule has 6 nitrogen and oxygen atoms in total. The van der Waals surface area contributed by atoms with Crippen molar-refractivity contribution < 1.29 is 4.79 Å². The lowest BCUT2D eigenvalue weighted by atomic mass is 10.1. The van der Waals surface area contributed by atoms with E-state index in [1.165, 1.54) is 5.56 Å². The highest BCUT2D eigenvalue weighted by atomic mass is 35.5. The summed E-state index contributed by atoms with van der Waals surface area (Å²) in [6.07, 6.45) is 6.70. The van der Waals surface area contributed by atoms with Gasteiger partial charge in [-0.1, -0.05) is 43.6 Å². The molecule has 1 fully saturated rings. The van der Waals surface area contributed by atoms with Crippen LogP contribution in [0.3, 0.4) is 0 Å². The number of fused-ring (bicyclic) bond motifs is 1. The lowest BCUT2D eigenvalue weighted by Crippen LogP contribution is -2.15. The number of nitrogens with zero attached hydrogens (tertiary/aromatic N) is 3. The van der Waals surface area contributed by atoms with Crippen LogP contribution in [0.2, 0.25) is 5.02 Å². The smallest absolute Gasteiger partial charge is 0.229 e. The number of rotatable bonds is 7. The van der Waals surface area contributed by atoms with Crippen molar-refractivity contribution >= 4 is 34.7 Å². The summed E-state index contributed by atoms with van der Waals surface area (Å²) < 4.78 is 2.07. The second-order valence-electron chi connectivity index (χ2n) is 8.89. The Kier molecular flexibility index (Phi) is 5.77. The number of aromatic nitrogens is 3. The second-order valence-corrected chi connectivity index (χ2v) is 9.33. The standard InChI is InChI=1S/C26H26ClN5O/c1-16(2)18-6-7-25-30-21(15-32(25)14-18)13-29-20-8-9-28-24(11-20)31-26(33)23-12-22(23)17-4-3-5-19(27)10-17/h3-11,14-16,22-23H,12-13H2,1-2H3,(H2,28,29,31,33)/t22-,23+/m1/s1. The molecule has 2 N–H and O–H groups in total. The third-order valence-corrected chi connectivity index (χ3v) is 6.31. The van der Waals surface area contributed by atoms with Gasteiger partial charge in [-0.3, -0.25) is 4.79 Å². The molecule has 1 aliphatic carbocycles. The number of halogens is 1. The van der Waals surface area contributed by atoms with Crippen LogP contribution in [-0.2, 0) is 11.3 Å². The number of nitrogens with one attached hydrogen (secondary N) is 2. The number of hydrogen-bond donors (Lipinski definition) is 2. The van der Waals surface area contributed by atoms with E-state index in [-0.39, 0.29) is 17.7 Å². The van der Waals surface area contributed by atoms with Gasteiger partial charge in [-0.15, -0.1) is 0 Å². The zero-order chi connectivity index (χ0) is 22.9.